The molecule has 0 saturated heterocycles. The average Bonchev–Trinajstić information content (AvgIpc) is 2.72. The molecule has 0 heterocycles. The van der Waals surface area contributed by atoms with Gasteiger partial charge in [-0.3, -0.25) is 13.9 Å². The highest BCUT2D eigenvalue weighted by atomic mass is 32.2. The molecule has 0 aliphatic carbocycles. The third kappa shape index (κ3) is 6.30. The van der Waals surface area contributed by atoms with Crippen molar-refractivity contribution in [3.63, 3.8) is 0 Å². The van der Waals surface area contributed by atoms with Crippen LogP contribution in [0.5, 0.6) is 0 Å². The van der Waals surface area contributed by atoms with Crippen LogP contribution in [0.2, 0.25) is 0 Å². The molecule has 2 aromatic carbocycles. The molecule has 8 heteroatoms. The Hall–Kier alpha value is -2.87. The molecule has 0 aliphatic heterocycles. The smallest absolute Gasteiger partial charge is 0.255 e. The first-order valence-electron chi connectivity index (χ1n) is 10.3. The zero-order valence-electron chi connectivity index (χ0n) is 18.8. The summed E-state index contributed by atoms with van der Waals surface area (Å²) >= 11 is 0. The summed E-state index contributed by atoms with van der Waals surface area (Å²) in [5.74, 6) is -0.410. The summed E-state index contributed by atoms with van der Waals surface area (Å²) in [6, 6.07) is 13.8. The number of carbonyl (C=O) groups is 2. The van der Waals surface area contributed by atoms with Crippen molar-refractivity contribution in [3.8, 4) is 0 Å². The Morgan fingerprint density at radius 1 is 0.968 bits per heavy atom. The summed E-state index contributed by atoms with van der Waals surface area (Å²) in [7, 11) is -3.69. The van der Waals surface area contributed by atoms with Gasteiger partial charge in [0.1, 0.15) is 6.54 Å². The average molecular weight is 446 g/mol. The van der Waals surface area contributed by atoms with E-state index in [0.717, 1.165) is 16.1 Å². The van der Waals surface area contributed by atoms with Crippen LogP contribution in [0, 0.1) is 0 Å². The highest BCUT2D eigenvalue weighted by molar-refractivity contribution is 7.92. The Balaban J connectivity index is 2.26. The quantitative estimate of drug-likeness (QED) is 0.638. The number of amides is 2. The minimum atomic E-state index is -3.69. The Kier molecular flexibility index (Phi) is 8.21. The van der Waals surface area contributed by atoms with Crippen molar-refractivity contribution in [3.05, 3.63) is 59.7 Å². The lowest BCUT2D eigenvalue weighted by atomic mass is 10.0. The van der Waals surface area contributed by atoms with Gasteiger partial charge in [0.2, 0.25) is 15.9 Å². The van der Waals surface area contributed by atoms with Gasteiger partial charge in [0.15, 0.2) is 0 Å². The van der Waals surface area contributed by atoms with Gasteiger partial charge in [0, 0.05) is 13.1 Å². The molecular weight excluding hydrogens is 414 g/mol. The lowest BCUT2D eigenvalue weighted by Gasteiger charge is -2.23. The molecule has 7 nitrogen and oxygen atoms in total. The maximum Gasteiger partial charge on any atom is 0.255 e. The van der Waals surface area contributed by atoms with E-state index in [4.69, 9.17) is 0 Å². The minimum Gasteiger partial charge on any atom is -0.339 e. The molecule has 2 amide bonds. The topological polar surface area (TPSA) is 86.8 Å². The van der Waals surface area contributed by atoms with E-state index in [1.807, 2.05) is 39.8 Å². The van der Waals surface area contributed by atoms with Crippen molar-refractivity contribution >= 4 is 33.2 Å². The van der Waals surface area contributed by atoms with E-state index in [9.17, 15) is 18.0 Å². The Labute approximate surface area is 185 Å². The number of benzene rings is 2. The highest BCUT2D eigenvalue weighted by Gasteiger charge is 2.23. The van der Waals surface area contributed by atoms with E-state index >= 15 is 0 Å². The lowest BCUT2D eigenvalue weighted by Crippen LogP contribution is -2.38. The van der Waals surface area contributed by atoms with Crippen molar-refractivity contribution in [1.82, 2.24) is 4.90 Å². The van der Waals surface area contributed by atoms with Crippen LogP contribution in [-0.2, 0) is 14.8 Å². The second kappa shape index (κ2) is 10.4. The minimum absolute atomic E-state index is 0.190. The van der Waals surface area contributed by atoms with Crippen molar-refractivity contribution < 1.29 is 18.0 Å². The van der Waals surface area contributed by atoms with E-state index in [-0.39, 0.29) is 5.91 Å². The third-order valence-corrected chi connectivity index (χ3v) is 6.16. The SMILES string of the molecule is CCN(CC)C(=O)c1ccccc1NC(=O)CN(c1ccc(C(C)C)cc1)S(C)(=O)=O. The van der Waals surface area contributed by atoms with Crippen LogP contribution in [-0.4, -0.2) is 51.0 Å². The second-order valence-electron chi connectivity index (χ2n) is 7.59. The molecular formula is C23H31N3O4S. The fourth-order valence-electron chi connectivity index (χ4n) is 3.21. The van der Waals surface area contributed by atoms with Crippen molar-refractivity contribution in [2.24, 2.45) is 0 Å². The fourth-order valence-corrected chi connectivity index (χ4v) is 4.06. The Morgan fingerprint density at radius 2 is 1.55 bits per heavy atom. The van der Waals surface area contributed by atoms with Gasteiger partial charge in [-0.15, -0.1) is 0 Å². The van der Waals surface area contributed by atoms with Gasteiger partial charge in [-0.05, 0) is 49.6 Å². The van der Waals surface area contributed by atoms with Crippen LogP contribution in [0.3, 0.4) is 0 Å². The number of hydrogen-bond donors (Lipinski definition) is 1. The first kappa shape index (κ1) is 24.4. The van der Waals surface area contributed by atoms with Gasteiger partial charge in [0.25, 0.3) is 5.91 Å². The molecule has 31 heavy (non-hydrogen) atoms. The van der Waals surface area contributed by atoms with E-state index < -0.39 is 22.5 Å². The van der Waals surface area contributed by atoms with Crippen molar-refractivity contribution in [2.75, 3.05) is 35.5 Å². The first-order valence-corrected chi connectivity index (χ1v) is 12.2. The molecule has 2 aromatic rings. The molecule has 0 radical (unpaired) electrons. The number of nitrogens with zero attached hydrogens (tertiary/aromatic N) is 2. The largest absolute Gasteiger partial charge is 0.339 e. The van der Waals surface area contributed by atoms with Gasteiger partial charge < -0.3 is 10.2 Å². The molecule has 1 N–H and O–H groups in total. The van der Waals surface area contributed by atoms with Gasteiger partial charge >= 0.3 is 0 Å². The number of para-hydroxylation sites is 1. The fraction of sp³-hybridized carbons (Fsp3) is 0.391. The van der Waals surface area contributed by atoms with Crippen molar-refractivity contribution in [2.45, 2.75) is 33.6 Å². The molecule has 0 unspecified atom stereocenters. The Bertz CT molecular complexity index is 1010. The van der Waals surface area contributed by atoms with Gasteiger partial charge in [-0.1, -0.05) is 38.1 Å². The summed E-state index contributed by atoms with van der Waals surface area (Å²) in [5.41, 5.74) is 2.21. The van der Waals surface area contributed by atoms with Crippen molar-refractivity contribution in [1.29, 1.82) is 0 Å². The predicted molar refractivity (Wildman–Crippen MR) is 125 cm³/mol. The molecule has 0 atom stereocenters. The number of rotatable bonds is 9. The number of hydrogen-bond acceptors (Lipinski definition) is 4. The van der Waals surface area contributed by atoms with E-state index in [2.05, 4.69) is 5.32 Å². The third-order valence-electron chi connectivity index (χ3n) is 5.02. The lowest BCUT2D eigenvalue weighted by molar-refractivity contribution is -0.114. The van der Waals surface area contributed by atoms with Crippen LogP contribution >= 0.6 is 0 Å². The summed E-state index contributed by atoms with van der Waals surface area (Å²) in [6.07, 6.45) is 1.06. The van der Waals surface area contributed by atoms with E-state index in [1.165, 1.54) is 0 Å². The normalized spacial score (nSPS) is 11.3. The number of nitrogens with one attached hydrogen (secondary N) is 1. The highest BCUT2D eigenvalue weighted by Crippen LogP contribution is 2.23. The van der Waals surface area contributed by atoms with Crippen LogP contribution in [0.4, 0.5) is 11.4 Å². The van der Waals surface area contributed by atoms with E-state index in [0.29, 0.717) is 35.9 Å². The van der Waals surface area contributed by atoms with Crippen LogP contribution in [0.15, 0.2) is 48.5 Å². The zero-order valence-corrected chi connectivity index (χ0v) is 19.6. The molecule has 0 bridgehead atoms. The summed E-state index contributed by atoms with van der Waals surface area (Å²) in [6.45, 7) is 8.57. The Morgan fingerprint density at radius 3 is 2.06 bits per heavy atom. The molecule has 0 aliphatic rings. The monoisotopic (exact) mass is 445 g/mol. The summed E-state index contributed by atoms with van der Waals surface area (Å²) in [5, 5.41) is 2.70. The van der Waals surface area contributed by atoms with Gasteiger partial charge in [-0.2, -0.15) is 0 Å². The maximum absolute atomic E-state index is 12.8. The molecule has 0 saturated carbocycles. The van der Waals surface area contributed by atoms with Crippen LogP contribution in [0.25, 0.3) is 0 Å². The van der Waals surface area contributed by atoms with Crippen LogP contribution in [0.1, 0.15) is 49.5 Å². The maximum atomic E-state index is 12.8. The van der Waals surface area contributed by atoms with E-state index in [1.54, 1.807) is 41.3 Å². The molecule has 2 rings (SSSR count). The molecule has 0 spiro atoms. The summed E-state index contributed by atoms with van der Waals surface area (Å²) in [4.78, 5) is 27.2. The van der Waals surface area contributed by atoms with Gasteiger partial charge in [-0.25, -0.2) is 8.42 Å². The first-order chi connectivity index (χ1) is 14.6. The molecule has 168 valence electrons. The number of carbonyl (C=O) groups excluding carboxylic acids is 2. The zero-order chi connectivity index (χ0) is 23.2. The number of anilines is 2. The molecule has 0 fully saturated rings. The van der Waals surface area contributed by atoms with Gasteiger partial charge in [0.05, 0.1) is 23.2 Å². The standard InChI is InChI=1S/C23H31N3O4S/c1-6-25(7-2)23(28)20-10-8-9-11-21(20)24-22(27)16-26(31(5,29)30)19-14-12-18(13-15-19)17(3)4/h8-15,17H,6-7,16H2,1-5H3,(H,24,27). The molecule has 0 aromatic heterocycles. The predicted octanol–water partition coefficient (Wildman–Crippen LogP) is 3.70. The number of sulfonamides is 1. The second-order valence-corrected chi connectivity index (χ2v) is 9.49. The summed E-state index contributed by atoms with van der Waals surface area (Å²) < 4.78 is 25.8. The van der Waals surface area contributed by atoms with Crippen LogP contribution < -0.4 is 9.62 Å².